The minimum Gasteiger partial charge on any atom is -0.365 e. The van der Waals surface area contributed by atoms with Crippen LogP contribution < -0.4 is 0 Å². The van der Waals surface area contributed by atoms with E-state index in [-0.39, 0.29) is 29.1 Å². The van der Waals surface area contributed by atoms with Gasteiger partial charge in [0.05, 0.1) is 11.6 Å². The van der Waals surface area contributed by atoms with Crippen molar-refractivity contribution in [2.75, 3.05) is 6.54 Å². The highest BCUT2D eigenvalue weighted by Crippen LogP contribution is 2.69. The number of nitrogens with zero attached hydrogens (tertiary/aromatic N) is 1. The van der Waals surface area contributed by atoms with Crippen LogP contribution in [0.5, 0.6) is 0 Å². The van der Waals surface area contributed by atoms with E-state index < -0.39 is 11.3 Å². The van der Waals surface area contributed by atoms with Crippen LogP contribution in [0.4, 0.5) is 0 Å². The number of hydrogen-bond donors (Lipinski definition) is 1. The van der Waals surface area contributed by atoms with Crippen LogP contribution in [0, 0.1) is 11.3 Å². The van der Waals surface area contributed by atoms with Gasteiger partial charge in [-0.2, -0.15) is 0 Å². The van der Waals surface area contributed by atoms with E-state index in [0.29, 0.717) is 32.2 Å². The average molecular weight is 275 g/mol. The van der Waals surface area contributed by atoms with Crippen molar-refractivity contribution in [1.29, 1.82) is 0 Å². The highest BCUT2D eigenvalue weighted by molar-refractivity contribution is 5.96. The molecule has 0 radical (unpaired) electrons. The van der Waals surface area contributed by atoms with Crippen LogP contribution >= 0.6 is 0 Å². The van der Waals surface area contributed by atoms with E-state index in [1.165, 1.54) is 0 Å². The first-order chi connectivity index (χ1) is 9.51. The molecule has 1 unspecified atom stereocenters. The third-order valence-electron chi connectivity index (χ3n) is 6.42. The Bertz CT molecular complexity index is 586. The molecule has 20 heavy (non-hydrogen) atoms. The molecule has 1 amide bonds. The summed E-state index contributed by atoms with van der Waals surface area (Å²) in [5, 5.41) is 10.7. The fourth-order valence-corrected chi connectivity index (χ4v) is 5.86. The van der Waals surface area contributed by atoms with Crippen LogP contribution in [0.2, 0.25) is 0 Å². The van der Waals surface area contributed by atoms with E-state index in [4.69, 9.17) is 4.74 Å². The van der Waals surface area contributed by atoms with E-state index in [2.05, 4.69) is 0 Å². The van der Waals surface area contributed by atoms with Gasteiger partial charge in [-0.15, -0.1) is 0 Å². The van der Waals surface area contributed by atoms with Crippen molar-refractivity contribution >= 4 is 11.7 Å². The zero-order valence-corrected chi connectivity index (χ0v) is 11.2. The molecule has 0 aromatic heterocycles. The number of rotatable bonds is 0. The van der Waals surface area contributed by atoms with Gasteiger partial charge in [-0.1, -0.05) is 6.08 Å². The number of carbonyl (C=O) groups is 2. The Balaban J connectivity index is 1.82. The number of amides is 1. The summed E-state index contributed by atoms with van der Waals surface area (Å²) in [7, 11) is 0. The third kappa shape index (κ3) is 0.940. The van der Waals surface area contributed by atoms with Crippen molar-refractivity contribution in [1.82, 2.24) is 4.90 Å². The number of aliphatic hydroxyl groups is 1. The van der Waals surface area contributed by atoms with Crippen LogP contribution in [-0.4, -0.2) is 45.7 Å². The second-order valence-electron chi connectivity index (χ2n) is 7.04. The highest BCUT2D eigenvalue weighted by Gasteiger charge is 2.77. The van der Waals surface area contributed by atoms with Gasteiger partial charge in [-0.3, -0.25) is 9.59 Å². The van der Waals surface area contributed by atoms with E-state index in [1.807, 2.05) is 11.0 Å². The Morgan fingerprint density at radius 2 is 2.25 bits per heavy atom. The van der Waals surface area contributed by atoms with Crippen LogP contribution in [0.25, 0.3) is 0 Å². The van der Waals surface area contributed by atoms with E-state index in [1.54, 1.807) is 6.08 Å². The number of fused-ring (bicyclic) bond motifs is 1. The quantitative estimate of drug-likeness (QED) is 0.694. The van der Waals surface area contributed by atoms with E-state index in [9.17, 15) is 14.7 Å². The second-order valence-corrected chi connectivity index (χ2v) is 7.04. The molecule has 3 heterocycles. The molecule has 1 N–H and O–H groups in total. The first-order valence-electron chi connectivity index (χ1n) is 7.45. The Morgan fingerprint density at radius 3 is 3.10 bits per heavy atom. The largest absolute Gasteiger partial charge is 0.365 e. The van der Waals surface area contributed by atoms with Crippen LogP contribution in [-0.2, 0) is 14.3 Å². The first-order valence-corrected chi connectivity index (χ1v) is 7.45. The number of ketones is 1. The molecule has 5 nitrogen and oxygen atoms in total. The fraction of sp³-hybridized carbons (Fsp3) is 0.733. The van der Waals surface area contributed by atoms with Crippen LogP contribution in [0.3, 0.4) is 0 Å². The Kier molecular flexibility index (Phi) is 1.73. The third-order valence-corrected chi connectivity index (χ3v) is 6.42. The molecular formula is C15H17NO4. The van der Waals surface area contributed by atoms with Gasteiger partial charge < -0.3 is 14.7 Å². The normalized spacial score (nSPS) is 55.4. The predicted molar refractivity (Wildman–Crippen MR) is 67.4 cm³/mol. The lowest BCUT2D eigenvalue weighted by atomic mass is 9.53. The van der Waals surface area contributed by atoms with Crippen LogP contribution in [0.1, 0.15) is 32.1 Å². The van der Waals surface area contributed by atoms with Gasteiger partial charge in [0.15, 0.2) is 11.6 Å². The molecular weight excluding hydrogens is 258 g/mol. The van der Waals surface area contributed by atoms with Crippen molar-refractivity contribution in [3.8, 4) is 0 Å². The van der Waals surface area contributed by atoms with Gasteiger partial charge in [0.25, 0.3) is 0 Å². The van der Waals surface area contributed by atoms with Gasteiger partial charge in [0.2, 0.25) is 5.91 Å². The molecule has 5 aliphatic rings. The molecule has 3 saturated heterocycles. The molecule has 0 aromatic carbocycles. The van der Waals surface area contributed by atoms with Gasteiger partial charge in [0.1, 0.15) is 0 Å². The minimum atomic E-state index is -1.17. The number of carbonyl (C=O) groups excluding carboxylic acids is 2. The standard InChI is InChI=1S/C15H17NO4/c17-10-1-5-15-11-3-6-16(15)12(18)2-4-13(15)8-14(19,20-11)7-9(10)13/h1,5,9,11,19H,2-4,6-8H2/t9-,11?,13-,14-,15+/m1/s1. The summed E-state index contributed by atoms with van der Waals surface area (Å²) < 4.78 is 5.98. The zero-order chi connectivity index (χ0) is 13.8. The van der Waals surface area contributed by atoms with Crippen molar-refractivity contribution in [3.05, 3.63) is 12.2 Å². The first kappa shape index (κ1) is 11.5. The van der Waals surface area contributed by atoms with Crippen molar-refractivity contribution in [2.45, 2.75) is 49.5 Å². The van der Waals surface area contributed by atoms with E-state index >= 15 is 0 Å². The summed E-state index contributed by atoms with van der Waals surface area (Å²) in [5.41, 5.74) is -0.787. The number of ether oxygens (including phenoxy) is 1. The van der Waals surface area contributed by atoms with Gasteiger partial charge >= 0.3 is 0 Å². The average Bonchev–Trinajstić information content (AvgIpc) is 2.90. The number of piperidine rings is 1. The molecule has 5 atom stereocenters. The molecule has 4 fully saturated rings. The van der Waals surface area contributed by atoms with Gasteiger partial charge in [-0.05, 0) is 18.9 Å². The number of allylic oxidation sites excluding steroid dienone is 1. The molecule has 2 aliphatic carbocycles. The number of hydrogen-bond acceptors (Lipinski definition) is 4. The summed E-state index contributed by atoms with van der Waals surface area (Å²) in [4.78, 5) is 26.6. The molecule has 2 bridgehead atoms. The summed E-state index contributed by atoms with van der Waals surface area (Å²) in [6.45, 7) is 0.673. The highest BCUT2D eigenvalue weighted by atomic mass is 16.6. The predicted octanol–water partition coefficient (Wildman–Crippen LogP) is 0.374. The van der Waals surface area contributed by atoms with E-state index in [0.717, 1.165) is 6.42 Å². The minimum absolute atomic E-state index is 0.0944. The maximum absolute atomic E-state index is 12.3. The summed E-state index contributed by atoms with van der Waals surface area (Å²) >= 11 is 0. The molecule has 1 saturated carbocycles. The summed E-state index contributed by atoms with van der Waals surface area (Å²) in [6, 6.07) is 0. The lowest BCUT2D eigenvalue weighted by molar-refractivity contribution is -0.279. The maximum Gasteiger partial charge on any atom is 0.223 e. The lowest BCUT2D eigenvalue weighted by Crippen LogP contribution is -2.71. The maximum atomic E-state index is 12.3. The Morgan fingerprint density at radius 1 is 1.40 bits per heavy atom. The molecule has 3 aliphatic heterocycles. The zero-order valence-electron chi connectivity index (χ0n) is 11.2. The monoisotopic (exact) mass is 275 g/mol. The molecule has 5 rings (SSSR count). The Labute approximate surface area is 116 Å². The summed E-state index contributed by atoms with van der Waals surface area (Å²) in [6.07, 6.45) is 6.20. The SMILES string of the molecule is O=C1C=C[C@@]23C4CCN2C(=O)CC[C@]32C[C@@](O)(C[C@H]12)O4. The van der Waals surface area contributed by atoms with Crippen molar-refractivity contribution in [2.24, 2.45) is 11.3 Å². The fourth-order valence-electron chi connectivity index (χ4n) is 5.86. The molecule has 106 valence electrons. The van der Waals surface area contributed by atoms with Crippen molar-refractivity contribution in [3.63, 3.8) is 0 Å². The van der Waals surface area contributed by atoms with Gasteiger partial charge in [-0.25, -0.2) is 0 Å². The Hall–Kier alpha value is -1.20. The summed E-state index contributed by atoms with van der Waals surface area (Å²) in [5.74, 6) is -1.11. The topological polar surface area (TPSA) is 66.8 Å². The van der Waals surface area contributed by atoms with Crippen molar-refractivity contribution < 1.29 is 19.4 Å². The molecule has 2 spiro atoms. The molecule has 0 aromatic rings. The smallest absolute Gasteiger partial charge is 0.223 e. The van der Waals surface area contributed by atoms with Crippen LogP contribution in [0.15, 0.2) is 12.2 Å². The van der Waals surface area contributed by atoms with Gasteiger partial charge in [0, 0.05) is 37.1 Å². The lowest BCUT2D eigenvalue weighted by Gasteiger charge is -2.61. The second kappa shape index (κ2) is 3.02. The molecule has 5 heteroatoms.